The topological polar surface area (TPSA) is 118 Å². The van der Waals surface area contributed by atoms with Gasteiger partial charge in [-0.15, -0.1) is 0 Å². The number of hydrogen-bond donors (Lipinski definition) is 2. The Morgan fingerprint density at radius 1 is 1.28 bits per heavy atom. The number of likely N-dealkylation sites (tertiary alicyclic amines) is 1. The van der Waals surface area contributed by atoms with Crippen LogP contribution < -0.4 is 5.73 Å². The molecule has 3 aromatic rings. The van der Waals surface area contributed by atoms with Gasteiger partial charge >= 0.3 is 0 Å². The molecule has 1 aliphatic rings. The Bertz CT molecular complexity index is 1070. The number of nitrogens with one attached hydrogen (secondary N) is 1. The van der Waals surface area contributed by atoms with Crippen LogP contribution in [0.5, 0.6) is 0 Å². The van der Waals surface area contributed by atoms with E-state index in [-0.39, 0.29) is 17.5 Å². The van der Waals surface area contributed by atoms with Crippen LogP contribution in [0.4, 0.5) is 0 Å². The predicted octanol–water partition coefficient (Wildman–Crippen LogP) is 3.15. The molecule has 8 nitrogen and oxygen atoms in total. The summed E-state index contributed by atoms with van der Waals surface area (Å²) in [6.07, 6.45) is 1.50. The Morgan fingerprint density at radius 2 is 2.00 bits per heavy atom. The number of H-pyrrole nitrogens is 1. The number of aromatic amines is 1. The summed E-state index contributed by atoms with van der Waals surface area (Å²) >= 11 is 6.29. The van der Waals surface area contributed by atoms with Crippen molar-refractivity contribution in [2.24, 2.45) is 5.73 Å². The smallest absolute Gasteiger partial charge is 0.269 e. The van der Waals surface area contributed by atoms with Gasteiger partial charge in [-0.05, 0) is 31.9 Å². The lowest BCUT2D eigenvalue weighted by molar-refractivity contribution is 0.0711. The first-order valence-electron chi connectivity index (χ1n) is 9.31. The second kappa shape index (κ2) is 7.71. The highest BCUT2D eigenvalue weighted by Gasteiger charge is 2.30. The number of primary amides is 1. The maximum Gasteiger partial charge on any atom is 0.269 e. The minimum Gasteiger partial charge on any atom is -0.364 e. The number of rotatable bonds is 4. The number of carbonyl (C=O) groups is 2. The molecule has 1 fully saturated rings. The number of piperidine rings is 1. The van der Waals surface area contributed by atoms with E-state index in [0.717, 1.165) is 18.5 Å². The van der Waals surface area contributed by atoms with Gasteiger partial charge in [0.15, 0.2) is 0 Å². The molecule has 1 saturated heterocycles. The number of aryl methyl sites for hydroxylation is 1. The number of halogens is 1. The lowest BCUT2D eigenvalue weighted by Gasteiger charge is -2.31. The summed E-state index contributed by atoms with van der Waals surface area (Å²) in [6.45, 7) is 2.87. The fourth-order valence-electron chi connectivity index (χ4n) is 3.68. The van der Waals surface area contributed by atoms with Gasteiger partial charge in [0.2, 0.25) is 0 Å². The van der Waals surface area contributed by atoms with Crippen LogP contribution in [0.15, 0.2) is 34.9 Å². The van der Waals surface area contributed by atoms with Crippen LogP contribution in [0.3, 0.4) is 0 Å². The quantitative estimate of drug-likeness (QED) is 0.681. The molecule has 1 aromatic carbocycles. The largest absolute Gasteiger partial charge is 0.364 e. The molecule has 0 unspecified atom stereocenters. The third-order valence-electron chi connectivity index (χ3n) is 5.28. The van der Waals surface area contributed by atoms with Crippen molar-refractivity contribution in [2.45, 2.75) is 25.7 Å². The fourth-order valence-corrected chi connectivity index (χ4v) is 3.91. The van der Waals surface area contributed by atoms with Crippen molar-refractivity contribution >= 4 is 23.4 Å². The van der Waals surface area contributed by atoms with Gasteiger partial charge in [0.25, 0.3) is 11.8 Å². The molecule has 3 heterocycles. The molecule has 4 rings (SSSR count). The summed E-state index contributed by atoms with van der Waals surface area (Å²) in [5.74, 6) is -0.0346. The van der Waals surface area contributed by atoms with E-state index >= 15 is 0 Å². The zero-order chi connectivity index (χ0) is 20.5. The van der Waals surface area contributed by atoms with E-state index < -0.39 is 5.91 Å². The molecular formula is C20H20ClN5O3. The second-order valence-electron chi connectivity index (χ2n) is 7.08. The first-order valence-corrected chi connectivity index (χ1v) is 9.69. The summed E-state index contributed by atoms with van der Waals surface area (Å²) in [5, 5.41) is 11.4. The van der Waals surface area contributed by atoms with E-state index in [2.05, 4.69) is 15.4 Å². The van der Waals surface area contributed by atoms with Crippen molar-refractivity contribution in [1.82, 2.24) is 20.3 Å². The highest BCUT2D eigenvalue weighted by molar-refractivity contribution is 6.33. The molecule has 0 radical (unpaired) electrons. The minimum atomic E-state index is -0.560. The maximum absolute atomic E-state index is 13.2. The van der Waals surface area contributed by atoms with Crippen LogP contribution in [-0.2, 0) is 0 Å². The van der Waals surface area contributed by atoms with Crippen molar-refractivity contribution in [3.63, 3.8) is 0 Å². The van der Waals surface area contributed by atoms with Crippen LogP contribution >= 0.6 is 11.6 Å². The monoisotopic (exact) mass is 413 g/mol. The fraction of sp³-hybridized carbons (Fsp3) is 0.300. The zero-order valence-electron chi connectivity index (χ0n) is 15.8. The minimum absolute atomic E-state index is 0.125. The predicted molar refractivity (Wildman–Crippen MR) is 107 cm³/mol. The molecule has 0 spiro atoms. The first-order chi connectivity index (χ1) is 14.0. The lowest BCUT2D eigenvalue weighted by atomic mass is 9.92. The van der Waals surface area contributed by atoms with Crippen molar-refractivity contribution in [1.29, 1.82) is 0 Å². The highest BCUT2D eigenvalue weighted by Crippen LogP contribution is 2.33. The molecule has 0 saturated carbocycles. The standard InChI is InChI=1S/C20H20ClN5O3/c1-11-17(18(25-29-11)13-4-2-3-5-14(13)21)20(28)26-8-6-12(7-9-26)15-10-16(19(22)27)24-23-15/h2-5,10,12H,6-9H2,1H3,(H2,22,27)(H,23,24). The number of carbonyl (C=O) groups excluding carboxylic acids is 2. The van der Waals surface area contributed by atoms with Crippen molar-refractivity contribution in [3.8, 4) is 11.3 Å². The van der Waals surface area contributed by atoms with E-state index in [0.29, 0.717) is 40.7 Å². The Hall–Kier alpha value is -3.13. The summed E-state index contributed by atoms with van der Waals surface area (Å²) in [7, 11) is 0. The average Bonchev–Trinajstić information content (AvgIpc) is 3.35. The van der Waals surface area contributed by atoms with E-state index in [1.165, 1.54) is 0 Å². The van der Waals surface area contributed by atoms with Gasteiger partial charge in [-0.1, -0.05) is 35.0 Å². The van der Waals surface area contributed by atoms with Gasteiger partial charge in [-0.25, -0.2) is 0 Å². The van der Waals surface area contributed by atoms with Crippen LogP contribution in [0, 0.1) is 6.92 Å². The van der Waals surface area contributed by atoms with E-state index in [4.69, 9.17) is 21.9 Å². The Balaban J connectivity index is 1.51. The SMILES string of the molecule is Cc1onc(-c2ccccc2Cl)c1C(=O)N1CCC(c2cc(C(N)=O)n[nH]2)CC1. The molecule has 9 heteroatoms. The molecule has 3 N–H and O–H groups in total. The first kappa shape index (κ1) is 19.2. The molecule has 0 aliphatic carbocycles. The summed E-state index contributed by atoms with van der Waals surface area (Å²) in [4.78, 5) is 26.3. The van der Waals surface area contributed by atoms with E-state index in [1.807, 2.05) is 18.2 Å². The number of benzene rings is 1. The average molecular weight is 414 g/mol. The molecule has 2 amide bonds. The van der Waals surface area contributed by atoms with Crippen LogP contribution in [-0.4, -0.2) is 45.2 Å². The zero-order valence-corrected chi connectivity index (χ0v) is 16.6. The van der Waals surface area contributed by atoms with Gasteiger partial charge < -0.3 is 15.2 Å². The van der Waals surface area contributed by atoms with Crippen LogP contribution in [0.25, 0.3) is 11.3 Å². The Morgan fingerprint density at radius 3 is 2.66 bits per heavy atom. The number of nitrogens with zero attached hydrogens (tertiary/aromatic N) is 3. The van der Waals surface area contributed by atoms with E-state index in [1.54, 1.807) is 24.0 Å². The van der Waals surface area contributed by atoms with Crippen molar-refractivity contribution < 1.29 is 14.1 Å². The normalized spacial score (nSPS) is 14.9. The van der Waals surface area contributed by atoms with Gasteiger partial charge in [-0.3, -0.25) is 14.7 Å². The molecule has 1 aliphatic heterocycles. The summed E-state index contributed by atoms with van der Waals surface area (Å²) in [6, 6.07) is 8.92. The van der Waals surface area contributed by atoms with Crippen molar-refractivity contribution in [2.75, 3.05) is 13.1 Å². The number of hydrogen-bond acceptors (Lipinski definition) is 5. The third kappa shape index (κ3) is 3.63. The van der Waals surface area contributed by atoms with Gasteiger partial charge in [-0.2, -0.15) is 5.10 Å². The summed E-state index contributed by atoms with van der Waals surface area (Å²) in [5.41, 5.74) is 7.92. The van der Waals surface area contributed by atoms with Crippen LogP contribution in [0.2, 0.25) is 5.02 Å². The number of aromatic nitrogens is 3. The van der Waals surface area contributed by atoms with Gasteiger partial charge in [0, 0.05) is 30.3 Å². The second-order valence-corrected chi connectivity index (χ2v) is 7.49. The third-order valence-corrected chi connectivity index (χ3v) is 5.61. The number of amides is 2. The summed E-state index contributed by atoms with van der Waals surface area (Å²) < 4.78 is 5.32. The molecule has 0 bridgehead atoms. The molecule has 0 atom stereocenters. The van der Waals surface area contributed by atoms with Crippen LogP contribution in [0.1, 0.15) is 51.1 Å². The lowest BCUT2D eigenvalue weighted by Crippen LogP contribution is -2.38. The van der Waals surface area contributed by atoms with E-state index in [9.17, 15) is 9.59 Å². The highest BCUT2D eigenvalue weighted by atomic mass is 35.5. The number of nitrogens with two attached hydrogens (primary N) is 1. The molecule has 2 aromatic heterocycles. The Kier molecular flexibility index (Phi) is 5.10. The van der Waals surface area contributed by atoms with Gasteiger partial charge in [0.05, 0.1) is 5.02 Å². The maximum atomic E-state index is 13.2. The van der Waals surface area contributed by atoms with Gasteiger partial charge in [0.1, 0.15) is 22.7 Å². The molecule has 150 valence electrons. The molecular weight excluding hydrogens is 394 g/mol. The Labute approximate surface area is 172 Å². The molecule has 29 heavy (non-hydrogen) atoms. The van der Waals surface area contributed by atoms with Crippen molar-refractivity contribution in [3.05, 3.63) is 58.1 Å².